The van der Waals surface area contributed by atoms with Gasteiger partial charge in [-0.05, 0) is 6.07 Å². The molecule has 0 saturated heterocycles. The summed E-state index contributed by atoms with van der Waals surface area (Å²) in [4.78, 5) is 0. The second-order valence-corrected chi connectivity index (χ2v) is 3.47. The monoisotopic (exact) mass is 300 g/mol. The van der Waals surface area contributed by atoms with Crippen LogP contribution in [0.2, 0.25) is 0 Å². The van der Waals surface area contributed by atoms with Crippen LogP contribution in [-0.4, -0.2) is 34.2 Å². The molecular weight excluding hydrogens is 294 g/mol. The van der Waals surface area contributed by atoms with Crippen molar-refractivity contribution in [3.8, 4) is 0 Å². The van der Waals surface area contributed by atoms with Gasteiger partial charge in [-0.25, -0.2) is 0 Å². The lowest BCUT2D eigenvalue weighted by atomic mass is 10.0. The molecule has 1 aromatic carbocycles. The number of halogens is 6. The number of alkyl halides is 6. The molecule has 0 unspecified atom stereocenters. The molecule has 0 fully saturated rings. The summed E-state index contributed by atoms with van der Waals surface area (Å²) in [5, 5.41) is 20.7. The lowest BCUT2D eigenvalue weighted by Gasteiger charge is -2.12. The first-order valence-electron chi connectivity index (χ1n) is 4.80. The summed E-state index contributed by atoms with van der Waals surface area (Å²) in [6.45, 7) is 0. The molecular formula is C10H6F6N2O2. The van der Waals surface area contributed by atoms with Crippen LogP contribution < -0.4 is 0 Å². The Morgan fingerprint density at radius 1 is 0.800 bits per heavy atom. The fourth-order valence-electron chi connectivity index (χ4n) is 1.37. The highest BCUT2D eigenvalue weighted by Gasteiger charge is 2.40. The largest absolute Gasteiger partial charge is 0.437 e. The lowest BCUT2D eigenvalue weighted by Crippen LogP contribution is -2.26. The van der Waals surface area contributed by atoms with Crippen LogP contribution in [0.4, 0.5) is 26.3 Å². The number of benzene rings is 1. The Bertz CT molecular complexity index is 502. The van der Waals surface area contributed by atoms with Crippen molar-refractivity contribution < 1.29 is 36.8 Å². The lowest BCUT2D eigenvalue weighted by molar-refractivity contribution is -0.0607. The van der Waals surface area contributed by atoms with Gasteiger partial charge in [0, 0.05) is 11.1 Å². The Morgan fingerprint density at radius 3 is 1.40 bits per heavy atom. The molecule has 0 aromatic heterocycles. The normalized spacial score (nSPS) is 14.5. The van der Waals surface area contributed by atoms with Crippen molar-refractivity contribution in [3.05, 3.63) is 35.4 Å². The molecule has 0 aliphatic carbocycles. The summed E-state index contributed by atoms with van der Waals surface area (Å²) >= 11 is 0. The highest BCUT2D eigenvalue weighted by Crippen LogP contribution is 2.26. The summed E-state index contributed by atoms with van der Waals surface area (Å²) < 4.78 is 74.8. The van der Waals surface area contributed by atoms with Crippen LogP contribution in [0.1, 0.15) is 11.1 Å². The van der Waals surface area contributed by atoms with Gasteiger partial charge in [-0.15, -0.1) is 0 Å². The van der Waals surface area contributed by atoms with E-state index in [1.807, 2.05) is 10.3 Å². The molecule has 0 aliphatic rings. The van der Waals surface area contributed by atoms with E-state index in [0.29, 0.717) is 6.07 Å². The molecule has 0 bridgehead atoms. The van der Waals surface area contributed by atoms with Gasteiger partial charge in [0.05, 0.1) is 0 Å². The second kappa shape index (κ2) is 5.39. The Labute approximate surface area is 107 Å². The minimum atomic E-state index is -5.05. The predicted octanol–water partition coefficient (Wildman–Crippen LogP) is 3.17. The minimum absolute atomic E-state index is 0.449. The molecule has 0 saturated carbocycles. The first-order chi connectivity index (χ1) is 9.11. The van der Waals surface area contributed by atoms with E-state index >= 15 is 0 Å². The second-order valence-electron chi connectivity index (χ2n) is 3.47. The molecule has 0 amide bonds. The maximum absolute atomic E-state index is 12.5. The maximum atomic E-state index is 12.5. The first kappa shape index (κ1) is 15.8. The smallest absolute Gasteiger partial charge is 0.410 e. The van der Waals surface area contributed by atoms with Crippen LogP contribution in [0.25, 0.3) is 0 Å². The molecule has 10 heteroatoms. The van der Waals surface area contributed by atoms with Gasteiger partial charge < -0.3 is 10.4 Å². The zero-order valence-electron chi connectivity index (χ0n) is 9.37. The van der Waals surface area contributed by atoms with Crippen molar-refractivity contribution in [2.75, 3.05) is 0 Å². The standard InChI is InChI=1S/C10H6F6N2O2/c11-9(12,13)7(17-19)5-2-1-3-6(4-5)8(18-20)10(14,15)16/h1-4,19-20H. The molecule has 0 atom stereocenters. The van der Waals surface area contributed by atoms with Crippen molar-refractivity contribution in [1.29, 1.82) is 0 Å². The Kier molecular flexibility index (Phi) is 4.26. The number of rotatable bonds is 2. The van der Waals surface area contributed by atoms with E-state index in [-0.39, 0.29) is 0 Å². The Morgan fingerprint density at radius 2 is 1.15 bits per heavy atom. The fraction of sp³-hybridized carbons (Fsp3) is 0.200. The predicted molar refractivity (Wildman–Crippen MR) is 55.2 cm³/mol. The van der Waals surface area contributed by atoms with Crippen molar-refractivity contribution in [1.82, 2.24) is 0 Å². The van der Waals surface area contributed by atoms with Crippen LogP contribution in [0, 0.1) is 0 Å². The third kappa shape index (κ3) is 3.39. The summed E-state index contributed by atoms with van der Waals surface area (Å²) in [5.74, 6) is 0. The van der Waals surface area contributed by atoms with Gasteiger partial charge in [0.1, 0.15) is 0 Å². The average molecular weight is 300 g/mol. The number of oxime groups is 2. The summed E-state index contributed by atoms with van der Waals surface area (Å²) in [7, 11) is 0. The molecule has 0 heterocycles. The number of nitrogens with zero attached hydrogens (tertiary/aromatic N) is 2. The van der Waals surface area contributed by atoms with E-state index in [9.17, 15) is 26.3 Å². The highest BCUT2D eigenvalue weighted by atomic mass is 19.4. The van der Waals surface area contributed by atoms with E-state index in [1.54, 1.807) is 0 Å². The zero-order valence-corrected chi connectivity index (χ0v) is 9.37. The maximum Gasteiger partial charge on any atom is 0.437 e. The van der Waals surface area contributed by atoms with Crippen molar-refractivity contribution >= 4 is 11.4 Å². The fourth-order valence-corrected chi connectivity index (χ4v) is 1.37. The van der Waals surface area contributed by atoms with Gasteiger partial charge >= 0.3 is 12.4 Å². The topological polar surface area (TPSA) is 65.2 Å². The van der Waals surface area contributed by atoms with Gasteiger partial charge in [0.25, 0.3) is 0 Å². The number of hydrogen-bond donors (Lipinski definition) is 2. The average Bonchev–Trinajstić information content (AvgIpc) is 2.27. The molecule has 110 valence electrons. The Hall–Kier alpha value is -2.26. The van der Waals surface area contributed by atoms with Gasteiger partial charge in [-0.3, -0.25) is 0 Å². The first-order valence-corrected chi connectivity index (χ1v) is 4.80. The molecule has 0 aliphatic heterocycles. The van der Waals surface area contributed by atoms with Crippen molar-refractivity contribution in [2.24, 2.45) is 10.3 Å². The van der Waals surface area contributed by atoms with Crippen LogP contribution in [-0.2, 0) is 0 Å². The summed E-state index contributed by atoms with van der Waals surface area (Å²) in [6.07, 6.45) is -10.1. The Balaban J connectivity index is 3.35. The van der Waals surface area contributed by atoms with Crippen molar-refractivity contribution in [3.63, 3.8) is 0 Å². The van der Waals surface area contributed by atoms with Crippen LogP contribution >= 0.6 is 0 Å². The molecule has 2 N–H and O–H groups in total. The third-order valence-electron chi connectivity index (χ3n) is 2.15. The third-order valence-corrected chi connectivity index (χ3v) is 2.15. The molecule has 0 radical (unpaired) electrons. The molecule has 4 nitrogen and oxygen atoms in total. The molecule has 1 rings (SSSR count). The van der Waals surface area contributed by atoms with Gasteiger partial charge in [-0.1, -0.05) is 28.5 Å². The number of hydrogen-bond acceptors (Lipinski definition) is 4. The zero-order chi connectivity index (χ0) is 15.6. The van der Waals surface area contributed by atoms with E-state index in [1.165, 1.54) is 0 Å². The van der Waals surface area contributed by atoms with E-state index < -0.39 is 34.9 Å². The van der Waals surface area contributed by atoms with E-state index in [4.69, 9.17) is 10.4 Å². The minimum Gasteiger partial charge on any atom is -0.410 e. The SMILES string of the molecule is ON=C(c1cccc(C(=NO)C(F)(F)F)c1)C(F)(F)F. The van der Waals surface area contributed by atoms with Crippen molar-refractivity contribution in [2.45, 2.75) is 12.4 Å². The van der Waals surface area contributed by atoms with Crippen LogP contribution in [0.15, 0.2) is 34.6 Å². The van der Waals surface area contributed by atoms with Crippen LogP contribution in [0.3, 0.4) is 0 Å². The highest BCUT2D eigenvalue weighted by molar-refractivity contribution is 6.08. The van der Waals surface area contributed by atoms with E-state index in [2.05, 4.69) is 0 Å². The quantitative estimate of drug-likeness (QED) is 0.381. The molecule has 0 spiro atoms. The van der Waals surface area contributed by atoms with Gasteiger partial charge in [0.15, 0.2) is 11.4 Å². The van der Waals surface area contributed by atoms with Gasteiger partial charge in [0.2, 0.25) is 0 Å². The molecule has 20 heavy (non-hydrogen) atoms. The summed E-state index contributed by atoms with van der Waals surface area (Å²) in [6, 6.07) is 2.93. The molecule has 1 aromatic rings. The summed E-state index contributed by atoms with van der Waals surface area (Å²) in [5.41, 5.74) is -5.14. The van der Waals surface area contributed by atoms with Gasteiger partial charge in [-0.2, -0.15) is 26.3 Å². The van der Waals surface area contributed by atoms with Crippen LogP contribution in [0.5, 0.6) is 0 Å². The van der Waals surface area contributed by atoms with E-state index in [0.717, 1.165) is 18.2 Å².